The lowest BCUT2D eigenvalue weighted by Crippen LogP contribution is -2.47. The van der Waals surface area contributed by atoms with Crippen LogP contribution in [0, 0.1) is 5.92 Å². The van der Waals surface area contributed by atoms with Gasteiger partial charge in [0.25, 0.3) is 5.88 Å². The molecule has 0 spiro atoms. The van der Waals surface area contributed by atoms with E-state index in [2.05, 4.69) is 10.3 Å². The van der Waals surface area contributed by atoms with E-state index in [1.54, 1.807) is 13.1 Å². The predicted octanol–water partition coefficient (Wildman–Crippen LogP) is 2.01. The summed E-state index contributed by atoms with van der Waals surface area (Å²) in [7, 11) is 0. The maximum absolute atomic E-state index is 9.38. The Bertz CT molecular complexity index is 490. The van der Waals surface area contributed by atoms with Crippen LogP contribution in [0.5, 0.6) is 11.6 Å². The second-order valence-electron chi connectivity index (χ2n) is 7.08. The molecule has 1 aromatic heterocycles. The molecular formula is C18H30N2O4. The van der Waals surface area contributed by atoms with Gasteiger partial charge in [0.2, 0.25) is 0 Å². The van der Waals surface area contributed by atoms with Crippen LogP contribution in [0.25, 0.3) is 0 Å². The standard InChI is InChI=1S/C18H30N2O4/c1-14(21)11-20-18(2,3)13-24-17-16(5-4-8-19-17)23-10-9-22-12-15-6-7-15/h4-5,8,14-15,20-21H,6-7,9-13H2,1-3H3. The fraction of sp³-hybridized carbons (Fsp3) is 0.722. The number of nitrogens with zero attached hydrogens (tertiary/aromatic N) is 1. The van der Waals surface area contributed by atoms with Gasteiger partial charge in [0.1, 0.15) is 13.2 Å². The number of rotatable bonds is 12. The van der Waals surface area contributed by atoms with Gasteiger partial charge in [-0.25, -0.2) is 4.98 Å². The second-order valence-corrected chi connectivity index (χ2v) is 7.08. The van der Waals surface area contributed by atoms with Gasteiger partial charge in [-0.2, -0.15) is 0 Å². The highest BCUT2D eigenvalue weighted by atomic mass is 16.5. The SMILES string of the molecule is CC(O)CNC(C)(C)COc1ncccc1OCCOCC1CC1. The Balaban J connectivity index is 1.74. The van der Waals surface area contributed by atoms with Crippen LogP contribution in [0.3, 0.4) is 0 Å². The molecule has 0 aliphatic heterocycles. The number of aliphatic hydroxyl groups excluding tert-OH is 1. The maximum atomic E-state index is 9.38. The molecule has 1 atom stereocenters. The quantitative estimate of drug-likeness (QED) is 0.568. The largest absolute Gasteiger partial charge is 0.486 e. The van der Waals surface area contributed by atoms with E-state index in [1.165, 1.54) is 12.8 Å². The van der Waals surface area contributed by atoms with Crippen molar-refractivity contribution in [2.24, 2.45) is 5.92 Å². The summed E-state index contributed by atoms with van der Waals surface area (Å²) in [4.78, 5) is 4.25. The van der Waals surface area contributed by atoms with Crippen molar-refractivity contribution in [1.29, 1.82) is 0 Å². The summed E-state index contributed by atoms with van der Waals surface area (Å²) in [6.45, 7) is 8.62. The lowest BCUT2D eigenvalue weighted by molar-refractivity contribution is 0.0902. The lowest BCUT2D eigenvalue weighted by Gasteiger charge is -2.27. The van der Waals surface area contributed by atoms with Crippen LogP contribution in [-0.4, -0.2) is 54.7 Å². The molecule has 1 aromatic rings. The average Bonchev–Trinajstić information content (AvgIpc) is 3.36. The summed E-state index contributed by atoms with van der Waals surface area (Å²) in [5, 5.41) is 12.6. The van der Waals surface area contributed by atoms with Gasteiger partial charge < -0.3 is 24.6 Å². The van der Waals surface area contributed by atoms with Crippen molar-refractivity contribution in [2.75, 3.05) is 33.0 Å². The van der Waals surface area contributed by atoms with Crippen molar-refractivity contribution in [1.82, 2.24) is 10.3 Å². The van der Waals surface area contributed by atoms with E-state index in [-0.39, 0.29) is 5.54 Å². The summed E-state index contributed by atoms with van der Waals surface area (Å²) in [5.74, 6) is 1.86. The van der Waals surface area contributed by atoms with Crippen LogP contribution in [0.2, 0.25) is 0 Å². The Kier molecular flexibility index (Phi) is 7.27. The molecule has 1 saturated carbocycles. The molecule has 1 unspecified atom stereocenters. The Hall–Kier alpha value is -1.37. The van der Waals surface area contributed by atoms with Crippen molar-refractivity contribution in [3.8, 4) is 11.6 Å². The monoisotopic (exact) mass is 338 g/mol. The third-order valence-electron chi connectivity index (χ3n) is 3.72. The van der Waals surface area contributed by atoms with Crippen LogP contribution < -0.4 is 14.8 Å². The molecule has 24 heavy (non-hydrogen) atoms. The molecule has 6 heteroatoms. The minimum atomic E-state index is -0.395. The summed E-state index contributed by atoms with van der Waals surface area (Å²) in [6, 6.07) is 3.67. The average molecular weight is 338 g/mol. The molecule has 1 heterocycles. The molecule has 136 valence electrons. The minimum Gasteiger partial charge on any atom is -0.486 e. The Morgan fingerprint density at radius 3 is 2.83 bits per heavy atom. The Morgan fingerprint density at radius 1 is 1.33 bits per heavy atom. The van der Waals surface area contributed by atoms with E-state index in [1.807, 2.05) is 26.0 Å². The molecule has 1 fully saturated rings. The molecule has 1 aliphatic rings. The van der Waals surface area contributed by atoms with E-state index < -0.39 is 6.10 Å². The molecule has 0 aromatic carbocycles. The van der Waals surface area contributed by atoms with Crippen molar-refractivity contribution >= 4 is 0 Å². The van der Waals surface area contributed by atoms with Gasteiger partial charge >= 0.3 is 0 Å². The molecule has 0 bridgehead atoms. The summed E-state index contributed by atoms with van der Waals surface area (Å²) in [6.07, 6.45) is 3.87. The third-order valence-corrected chi connectivity index (χ3v) is 3.72. The number of aromatic nitrogens is 1. The topological polar surface area (TPSA) is 72.8 Å². The van der Waals surface area contributed by atoms with Crippen LogP contribution in [0.15, 0.2) is 18.3 Å². The van der Waals surface area contributed by atoms with Crippen molar-refractivity contribution < 1.29 is 19.3 Å². The second kappa shape index (κ2) is 9.20. The van der Waals surface area contributed by atoms with Crippen molar-refractivity contribution in [2.45, 2.75) is 45.3 Å². The highest BCUT2D eigenvalue weighted by molar-refractivity contribution is 5.32. The van der Waals surface area contributed by atoms with E-state index in [9.17, 15) is 5.11 Å². The van der Waals surface area contributed by atoms with Gasteiger partial charge in [-0.1, -0.05) is 0 Å². The number of β-amino-alcohol motifs (C(OH)–C–C–N with tert-alkyl or cyclic N) is 1. The number of hydrogen-bond donors (Lipinski definition) is 2. The fourth-order valence-electron chi connectivity index (χ4n) is 2.06. The summed E-state index contributed by atoms with van der Waals surface area (Å²) < 4.78 is 17.1. The van der Waals surface area contributed by atoms with Gasteiger partial charge in [0.05, 0.1) is 12.7 Å². The third kappa shape index (κ3) is 7.47. The fourth-order valence-corrected chi connectivity index (χ4v) is 2.06. The first-order chi connectivity index (χ1) is 11.5. The maximum Gasteiger partial charge on any atom is 0.257 e. The van der Waals surface area contributed by atoms with Crippen molar-refractivity contribution in [3.05, 3.63) is 18.3 Å². The highest BCUT2D eigenvalue weighted by Gasteiger charge is 2.21. The van der Waals surface area contributed by atoms with Crippen LogP contribution in [-0.2, 0) is 4.74 Å². The first-order valence-electron chi connectivity index (χ1n) is 8.68. The van der Waals surface area contributed by atoms with E-state index in [4.69, 9.17) is 14.2 Å². The smallest absolute Gasteiger partial charge is 0.257 e. The number of aliphatic hydroxyl groups is 1. The van der Waals surface area contributed by atoms with Gasteiger partial charge in [0.15, 0.2) is 5.75 Å². The number of nitrogens with one attached hydrogen (secondary N) is 1. The zero-order valence-corrected chi connectivity index (χ0v) is 15.0. The van der Waals surface area contributed by atoms with Gasteiger partial charge in [-0.15, -0.1) is 0 Å². The molecular weight excluding hydrogens is 308 g/mol. The van der Waals surface area contributed by atoms with Gasteiger partial charge in [-0.05, 0) is 51.7 Å². The Morgan fingerprint density at radius 2 is 2.12 bits per heavy atom. The van der Waals surface area contributed by atoms with E-state index >= 15 is 0 Å². The molecule has 2 rings (SSSR count). The van der Waals surface area contributed by atoms with Gasteiger partial charge in [-0.3, -0.25) is 0 Å². The van der Waals surface area contributed by atoms with Crippen LogP contribution in [0.4, 0.5) is 0 Å². The minimum absolute atomic E-state index is 0.279. The summed E-state index contributed by atoms with van der Waals surface area (Å²) in [5.41, 5.74) is -0.279. The molecule has 2 N–H and O–H groups in total. The first-order valence-corrected chi connectivity index (χ1v) is 8.68. The van der Waals surface area contributed by atoms with E-state index in [0.717, 1.165) is 12.5 Å². The lowest BCUT2D eigenvalue weighted by atomic mass is 10.1. The van der Waals surface area contributed by atoms with Crippen LogP contribution in [0.1, 0.15) is 33.6 Å². The number of pyridine rings is 1. The molecule has 0 saturated heterocycles. The first kappa shape index (κ1) is 19.0. The molecule has 1 aliphatic carbocycles. The van der Waals surface area contributed by atoms with Crippen molar-refractivity contribution in [3.63, 3.8) is 0 Å². The van der Waals surface area contributed by atoms with Gasteiger partial charge in [0, 0.05) is 24.9 Å². The molecule has 0 radical (unpaired) electrons. The number of ether oxygens (including phenoxy) is 3. The number of hydrogen-bond acceptors (Lipinski definition) is 6. The highest BCUT2D eigenvalue weighted by Crippen LogP contribution is 2.28. The van der Waals surface area contributed by atoms with E-state index in [0.29, 0.717) is 38.0 Å². The molecule has 6 nitrogen and oxygen atoms in total. The molecule has 0 amide bonds. The normalized spacial score (nSPS) is 16.0. The predicted molar refractivity (Wildman–Crippen MR) is 92.5 cm³/mol. The Labute approximate surface area is 144 Å². The van der Waals surface area contributed by atoms with Crippen LogP contribution >= 0.6 is 0 Å². The summed E-state index contributed by atoms with van der Waals surface area (Å²) >= 11 is 0. The zero-order valence-electron chi connectivity index (χ0n) is 15.0. The zero-order chi connectivity index (χ0) is 17.4.